The van der Waals surface area contributed by atoms with Crippen LogP contribution in [0.5, 0.6) is 5.75 Å². The van der Waals surface area contributed by atoms with Crippen molar-refractivity contribution in [3.63, 3.8) is 0 Å². The van der Waals surface area contributed by atoms with E-state index < -0.39 is 6.10 Å². The third-order valence-electron chi connectivity index (χ3n) is 3.72. The molecule has 1 aromatic carbocycles. The van der Waals surface area contributed by atoms with E-state index in [-0.39, 0.29) is 19.1 Å². The lowest BCUT2D eigenvalue weighted by atomic mass is 10.1. The van der Waals surface area contributed by atoms with Crippen LogP contribution < -0.4 is 4.74 Å². The second-order valence-corrected chi connectivity index (χ2v) is 6.10. The van der Waals surface area contributed by atoms with Crippen LogP contribution in [0.25, 0.3) is 0 Å². The third-order valence-corrected chi connectivity index (χ3v) is 3.72. The number of carbonyl (C=O) groups excluding carboxylic acids is 1. The standard InChI is InChI=1S/C17H28N2O3/c1-12-7-8-13(2)17(14(12)3)22-11-15(20)9-19(6)10-16(21)18(4)5/h7-8,15,20H,9-11H2,1-6H3. The minimum atomic E-state index is -0.640. The molecular formula is C17H28N2O3. The number of aliphatic hydroxyl groups is 1. The number of ether oxygens (including phenoxy) is 1. The molecule has 0 fully saturated rings. The molecule has 1 amide bonds. The molecule has 5 nitrogen and oxygen atoms in total. The van der Waals surface area contributed by atoms with Gasteiger partial charge in [0.25, 0.3) is 0 Å². The van der Waals surface area contributed by atoms with Crippen molar-refractivity contribution in [1.82, 2.24) is 9.80 Å². The average Bonchev–Trinajstić information content (AvgIpc) is 2.42. The number of rotatable bonds is 7. The monoisotopic (exact) mass is 308 g/mol. The predicted molar refractivity (Wildman–Crippen MR) is 88.3 cm³/mol. The smallest absolute Gasteiger partial charge is 0.236 e. The predicted octanol–water partition coefficient (Wildman–Crippen LogP) is 1.37. The van der Waals surface area contributed by atoms with E-state index in [0.717, 1.165) is 16.9 Å². The maximum absolute atomic E-state index is 11.6. The van der Waals surface area contributed by atoms with E-state index in [9.17, 15) is 9.90 Å². The molecule has 0 aliphatic carbocycles. The maximum atomic E-state index is 11.6. The van der Waals surface area contributed by atoms with Crippen molar-refractivity contribution in [2.45, 2.75) is 26.9 Å². The Labute approximate surface area is 133 Å². The van der Waals surface area contributed by atoms with Crippen molar-refractivity contribution >= 4 is 5.91 Å². The number of hydrogen-bond acceptors (Lipinski definition) is 4. The largest absolute Gasteiger partial charge is 0.490 e. The van der Waals surface area contributed by atoms with E-state index in [2.05, 4.69) is 6.07 Å². The zero-order valence-corrected chi connectivity index (χ0v) is 14.5. The number of hydrogen-bond donors (Lipinski definition) is 1. The number of aryl methyl sites for hydroxylation is 2. The first kappa shape index (κ1) is 18.5. The summed E-state index contributed by atoms with van der Waals surface area (Å²) in [6, 6.07) is 4.08. The summed E-state index contributed by atoms with van der Waals surface area (Å²) in [5, 5.41) is 10.1. The summed E-state index contributed by atoms with van der Waals surface area (Å²) < 4.78 is 5.79. The van der Waals surface area contributed by atoms with Gasteiger partial charge in [-0.15, -0.1) is 0 Å². The molecule has 0 heterocycles. The van der Waals surface area contributed by atoms with Crippen molar-refractivity contribution in [1.29, 1.82) is 0 Å². The summed E-state index contributed by atoms with van der Waals surface area (Å²) in [6.07, 6.45) is -0.640. The van der Waals surface area contributed by atoms with Gasteiger partial charge in [-0.3, -0.25) is 9.69 Å². The van der Waals surface area contributed by atoms with Gasteiger partial charge in [0.1, 0.15) is 18.5 Å². The number of amides is 1. The lowest BCUT2D eigenvalue weighted by molar-refractivity contribution is -0.129. The van der Waals surface area contributed by atoms with Gasteiger partial charge in [-0.25, -0.2) is 0 Å². The summed E-state index contributed by atoms with van der Waals surface area (Å²) in [5.74, 6) is 0.854. The van der Waals surface area contributed by atoms with E-state index in [4.69, 9.17) is 4.74 Å². The molecule has 0 radical (unpaired) electrons. The highest BCUT2D eigenvalue weighted by Crippen LogP contribution is 2.25. The van der Waals surface area contributed by atoms with Crippen LogP contribution in [0.3, 0.4) is 0 Å². The molecule has 0 spiro atoms. The van der Waals surface area contributed by atoms with Gasteiger partial charge < -0.3 is 14.7 Å². The Bertz CT molecular complexity index is 515. The topological polar surface area (TPSA) is 53.0 Å². The first-order valence-electron chi connectivity index (χ1n) is 7.48. The molecule has 22 heavy (non-hydrogen) atoms. The lowest BCUT2D eigenvalue weighted by Gasteiger charge is -2.22. The van der Waals surface area contributed by atoms with Crippen LogP contribution in [0.1, 0.15) is 16.7 Å². The molecule has 1 aromatic rings. The Balaban J connectivity index is 2.52. The molecule has 124 valence electrons. The molecule has 0 saturated carbocycles. The van der Waals surface area contributed by atoms with Gasteiger partial charge in [-0.05, 0) is 44.5 Å². The number of benzene rings is 1. The number of likely N-dealkylation sites (N-methyl/N-ethyl adjacent to an activating group) is 2. The Hall–Kier alpha value is -1.59. The van der Waals surface area contributed by atoms with Crippen molar-refractivity contribution in [3.05, 3.63) is 28.8 Å². The zero-order valence-electron chi connectivity index (χ0n) is 14.5. The van der Waals surface area contributed by atoms with Gasteiger partial charge in [-0.2, -0.15) is 0 Å². The van der Waals surface area contributed by atoms with Crippen LogP contribution in [-0.2, 0) is 4.79 Å². The summed E-state index contributed by atoms with van der Waals surface area (Å²) in [5.41, 5.74) is 3.33. The molecule has 1 N–H and O–H groups in total. The number of aliphatic hydroxyl groups excluding tert-OH is 1. The van der Waals surface area contributed by atoms with Gasteiger partial charge in [0.05, 0.1) is 6.54 Å². The average molecular weight is 308 g/mol. The Morgan fingerprint density at radius 3 is 2.36 bits per heavy atom. The first-order valence-corrected chi connectivity index (χ1v) is 7.48. The summed E-state index contributed by atoms with van der Waals surface area (Å²) in [6.45, 7) is 6.95. The van der Waals surface area contributed by atoms with Gasteiger partial charge >= 0.3 is 0 Å². The molecule has 0 aliphatic rings. The SMILES string of the molecule is Cc1ccc(C)c(OCC(O)CN(C)CC(=O)N(C)C)c1C. The summed E-state index contributed by atoms with van der Waals surface area (Å²) in [4.78, 5) is 15.0. The fraction of sp³-hybridized carbons (Fsp3) is 0.588. The molecule has 1 unspecified atom stereocenters. The minimum absolute atomic E-state index is 0.0148. The van der Waals surface area contributed by atoms with Crippen LogP contribution in [0, 0.1) is 20.8 Å². The van der Waals surface area contributed by atoms with E-state index in [1.54, 1.807) is 23.9 Å². The molecular weight excluding hydrogens is 280 g/mol. The molecule has 1 atom stereocenters. The van der Waals surface area contributed by atoms with E-state index in [1.165, 1.54) is 5.56 Å². The van der Waals surface area contributed by atoms with Crippen LogP contribution in [0.2, 0.25) is 0 Å². The van der Waals surface area contributed by atoms with Gasteiger partial charge in [-0.1, -0.05) is 12.1 Å². The summed E-state index contributed by atoms with van der Waals surface area (Å²) >= 11 is 0. The fourth-order valence-electron chi connectivity index (χ4n) is 2.18. The number of nitrogens with zero attached hydrogens (tertiary/aromatic N) is 2. The molecule has 5 heteroatoms. The van der Waals surface area contributed by atoms with Crippen LogP contribution >= 0.6 is 0 Å². The van der Waals surface area contributed by atoms with Crippen LogP contribution in [0.15, 0.2) is 12.1 Å². The zero-order chi connectivity index (χ0) is 16.9. The fourth-order valence-corrected chi connectivity index (χ4v) is 2.18. The molecule has 1 rings (SSSR count). The van der Waals surface area contributed by atoms with Gasteiger partial charge in [0.15, 0.2) is 0 Å². The summed E-state index contributed by atoms with van der Waals surface area (Å²) in [7, 11) is 5.26. The highest BCUT2D eigenvalue weighted by atomic mass is 16.5. The molecule has 0 bridgehead atoms. The number of carbonyl (C=O) groups is 1. The Morgan fingerprint density at radius 2 is 1.77 bits per heavy atom. The minimum Gasteiger partial charge on any atom is -0.490 e. The Morgan fingerprint density at radius 1 is 1.18 bits per heavy atom. The van der Waals surface area contributed by atoms with Crippen molar-refractivity contribution in [2.24, 2.45) is 0 Å². The second-order valence-electron chi connectivity index (χ2n) is 6.10. The van der Waals surface area contributed by atoms with E-state index in [0.29, 0.717) is 6.54 Å². The van der Waals surface area contributed by atoms with E-state index >= 15 is 0 Å². The lowest BCUT2D eigenvalue weighted by Crippen LogP contribution is -2.39. The highest BCUT2D eigenvalue weighted by molar-refractivity contribution is 5.77. The Kier molecular flexibility index (Phi) is 6.84. The van der Waals surface area contributed by atoms with Crippen molar-refractivity contribution in [3.8, 4) is 5.75 Å². The van der Waals surface area contributed by atoms with Crippen LogP contribution in [0.4, 0.5) is 0 Å². The van der Waals surface area contributed by atoms with E-state index in [1.807, 2.05) is 33.9 Å². The van der Waals surface area contributed by atoms with Crippen molar-refractivity contribution < 1.29 is 14.6 Å². The quantitative estimate of drug-likeness (QED) is 0.827. The molecule has 0 aromatic heterocycles. The maximum Gasteiger partial charge on any atom is 0.236 e. The molecule has 0 aliphatic heterocycles. The highest BCUT2D eigenvalue weighted by Gasteiger charge is 2.14. The molecule has 0 saturated heterocycles. The van der Waals surface area contributed by atoms with Crippen molar-refractivity contribution in [2.75, 3.05) is 40.8 Å². The third kappa shape index (κ3) is 5.31. The van der Waals surface area contributed by atoms with Gasteiger partial charge in [0.2, 0.25) is 5.91 Å². The normalized spacial score (nSPS) is 12.4. The first-order chi connectivity index (χ1) is 10.2. The van der Waals surface area contributed by atoms with Crippen LogP contribution in [-0.4, -0.2) is 67.8 Å². The van der Waals surface area contributed by atoms with Gasteiger partial charge in [0, 0.05) is 20.6 Å². The second kappa shape index (κ2) is 8.15.